The molecule has 0 spiro atoms. The molecule has 0 saturated heterocycles. The molecule has 1 aromatic carbocycles. The molecule has 3 heteroatoms. The van der Waals surface area contributed by atoms with Crippen molar-refractivity contribution in [1.29, 1.82) is 0 Å². The third-order valence-corrected chi connectivity index (χ3v) is 3.91. The first-order chi connectivity index (χ1) is 9.20. The van der Waals surface area contributed by atoms with Gasteiger partial charge in [-0.1, -0.05) is 12.1 Å². The molecule has 0 unspecified atom stereocenters. The van der Waals surface area contributed by atoms with Crippen LogP contribution in [0.3, 0.4) is 0 Å². The molecule has 19 heavy (non-hydrogen) atoms. The van der Waals surface area contributed by atoms with E-state index in [2.05, 4.69) is 47.4 Å². The number of benzene rings is 1. The number of aryl methyl sites for hydroxylation is 1. The quantitative estimate of drug-likeness (QED) is 0.791. The lowest BCUT2D eigenvalue weighted by molar-refractivity contribution is 0.321. The maximum atomic E-state index is 3.20. The molecular weight excluding hydrogens is 234 g/mol. The summed E-state index contributed by atoms with van der Waals surface area (Å²) in [7, 11) is 6.42. The van der Waals surface area contributed by atoms with Crippen molar-refractivity contribution < 1.29 is 0 Å². The molecule has 106 valence electrons. The van der Waals surface area contributed by atoms with E-state index < -0.39 is 0 Å². The van der Waals surface area contributed by atoms with E-state index >= 15 is 0 Å². The largest absolute Gasteiger partial charge is 0.374 e. The Labute approximate surface area is 117 Å². The van der Waals surface area contributed by atoms with Gasteiger partial charge in [0, 0.05) is 25.8 Å². The first-order valence-corrected chi connectivity index (χ1v) is 7.37. The Bertz CT molecular complexity index is 403. The van der Waals surface area contributed by atoms with Gasteiger partial charge in [0.25, 0.3) is 0 Å². The summed E-state index contributed by atoms with van der Waals surface area (Å²) in [5, 5.41) is 3.20. The smallest absolute Gasteiger partial charge is 0.0396 e. The third-order valence-electron chi connectivity index (χ3n) is 3.91. The van der Waals surface area contributed by atoms with Crippen LogP contribution in [0.2, 0.25) is 0 Å². The first kappa shape index (κ1) is 14.4. The van der Waals surface area contributed by atoms with Crippen LogP contribution in [0.1, 0.15) is 24.0 Å². The lowest BCUT2D eigenvalue weighted by Crippen LogP contribution is -2.25. The lowest BCUT2D eigenvalue weighted by Gasteiger charge is -2.28. The van der Waals surface area contributed by atoms with Crippen molar-refractivity contribution in [2.24, 2.45) is 0 Å². The molecule has 0 fully saturated rings. The van der Waals surface area contributed by atoms with E-state index in [0.717, 1.165) is 19.6 Å². The van der Waals surface area contributed by atoms with Gasteiger partial charge >= 0.3 is 0 Å². The molecule has 0 aliphatic carbocycles. The van der Waals surface area contributed by atoms with E-state index in [9.17, 15) is 0 Å². The topological polar surface area (TPSA) is 18.5 Å². The van der Waals surface area contributed by atoms with Crippen molar-refractivity contribution in [3.8, 4) is 0 Å². The van der Waals surface area contributed by atoms with Crippen LogP contribution in [-0.4, -0.2) is 45.7 Å². The molecule has 0 radical (unpaired) electrons. The SMILES string of the molecule is CNCCCN(C)Cc1ccc2c(c1)CCCN2C. The van der Waals surface area contributed by atoms with Crippen LogP contribution in [0.5, 0.6) is 0 Å². The minimum Gasteiger partial charge on any atom is -0.374 e. The summed E-state index contributed by atoms with van der Waals surface area (Å²) in [6, 6.07) is 6.99. The van der Waals surface area contributed by atoms with Crippen LogP contribution in [0.25, 0.3) is 0 Å². The zero-order valence-electron chi connectivity index (χ0n) is 12.6. The fraction of sp³-hybridized carbons (Fsp3) is 0.625. The van der Waals surface area contributed by atoms with Gasteiger partial charge in [-0.05, 0) is 63.6 Å². The molecule has 1 aromatic rings. The van der Waals surface area contributed by atoms with Gasteiger partial charge in [0.05, 0.1) is 0 Å². The Balaban J connectivity index is 1.94. The zero-order chi connectivity index (χ0) is 13.7. The van der Waals surface area contributed by atoms with Crippen molar-refractivity contribution >= 4 is 5.69 Å². The molecule has 3 nitrogen and oxygen atoms in total. The summed E-state index contributed by atoms with van der Waals surface area (Å²) in [6.45, 7) is 4.49. The second kappa shape index (κ2) is 6.92. The summed E-state index contributed by atoms with van der Waals surface area (Å²) in [5.74, 6) is 0. The number of hydrogen-bond acceptors (Lipinski definition) is 3. The Kier molecular flexibility index (Phi) is 5.23. The normalized spacial score (nSPS) is 14.8. The molecule has 2 rings (SSSR count). The number of nitrogens with zero attached hydrogens (tertiary/aromatic N) is 2. The highest BCUT2D eigenvalue weighted by Crippen LogP contribution is 2.27. The second-order valence-electron chi connectivity index (χ2n) is 5.68. The molecule has 0 amide bonds. The van der Waals surface area contributed by atoms with Gasteiger partial charge in [-0.25, -0.2) is 0 Å². The van der Waals surface area contributed by atoms with Gasteiger partial charge < -0.3 is 15.1 Å². The molecule has 0 bridgehead atoms. The van der Waals surface area contributed by atoms with Crippen LogP contribution >= 0.6 is 0 Å². The van der Waals surface area contributed by atoms with Crippen LogP contribution in [0.4, 0.5) is 5.69 Å². The predicted molar refractivity (Wildman–Crippen MR) is 82.9 cm³/mol. The van der Waals surface area contributed by atoms with Crippen LogP contribution in [0, 0.1) is 0 Å². The molecule has 1 heterocycles. The second-order valence-corrected chi connectivity index (χ2v) is 5.68. The van der Waals surface area contributed by atoms with Crippen LogP contribution in [-0.2, 0) is 13.0 Å². The summed E-state index contributed by atoms with van der Waals surface area (Å²) >= 11 is 0. The highest BCUT2D eigenvalue weighted by Gasteiger charge is 2.13. The molecule has 0 aromatic heterocycles. The molecule has 1 N–H and O–H groups in total. The van der Waals surface area contributed by atoms with Crippen molar-refractivity contribution in [2.45, 2.75) is 25.8 Å². The Morgan fingerprint density at radius 1 is 1.37 bits per heavy atom. The molecular formula is C16H27N3. The first-order valence-electron chi connectivity index (χ1n) is 7.37. The van der Waals surface area contributed by atoms with Crippen LogP contribution < -0.4 is 10.2 Å². The monoisotopic (exact) mass is 261 g/mol. The molecule has 1 aliphatic heterocycles. The number of hydrogen-bond donors (Lipinski definition) is 1. The van der Waals surface area contributed by atoms with Crippen molar-refractivity contribution in [3.63, 3.8) is 0 Å². The number of rotatable bonds is 6. The average Bonchev–Trinajstić information content (AvgIpc) is 2.39. The van der Waals surface area contributed by atoms with E-state index in [-0.39, 0.29) is 0 Å². The van der Waals surface area contributed by atoms with Gasteiger partial charge in [0.2, 0.25) is 0 Å². The molecule has 0 saturated carbocycles. The van der Waals surface area contributed by atoms with Gasteiger partial charge in [-0.2, -0.15) is 0 Å². The number of nitrogens with one attached hydrogen (secondary N) is 1. The lowest BCUT2D eigenvalue weighted by atomic mass is 9.99. The maximum Gasteiger partial charge on any atom is 0.0396 e. The van der Waals surface area contributed by atoms with Gasteiger partial charge in [-0.3, -0.25) is 0 Å². The molecule has 1 aliphatic rings. The van der Waals surface area contributed by atoms with E-state index in [0.29, 0.717) is 0 Å². The van der Waals surface area contributed by atoms with Gasteiger partial charge in [-0.15, -0.1) is 0 Å². The fourth-order valence-electron chi connectivity index (χ4n) is 2.85. The summed E-state index contributed by atoms with van der Waals surface area (Å²) in [6.07, 6.45) is 3.72. The zero-order valence-corrected chi connectivity index (χ0v) is 12.6. The third kappa shape index (κ3) is 3.95. The highest BCUT2D eigenvalue weighted by molar-refractivity contribution is 5.56. The Morgan fingerprint density at radius 2 is 2.21 bits per heavy atom. The van der Waals surface area contributed by atoms with E-state index in [4.69, 9.17) is 0 Å². The summed E-state index contributed by atoms with van der Waals surface area (Å²) in [5.41, 5.74) is 4.39. The predicted octanol–water partition coefficient (Wildman–Crippen LogP) is 2.11. The van der Waals surface area contributed by atoms with E-state index in [1.165, 1.54) is 42.6 Å². The number of fused-ring (bicyclic) bond motifs is 1. The minimum atomic E-state index is 1.06. The highest BCUT2D eigenvalue weighted by atomic mass is 15.1. The minimum absolute atomic E-state index is 1.06. The standard InChI is InChI=1S/C16H27N3/c1-17-9-5-10-18(2)13-14-7-8-16-15(12-14)6-4-11-19(16)3/h7-8,12,17H,4-6,9-11,13H2,1-3H3. The maximum absolute atomic E-state index is 3.20. The molecule has 0 atom stereocenters. The van der Waals surface area contributed by atoms with Crippen LogP contribution in [0.15, 0.2) is 18.2 Å². The van der Waals surface area contributed by atoms with Crippen molar-refractivity contribution in [2.75, 3.05) is 45.7 Å². The van der Waals surface area contributed by atoms with E-state index in [1.54, 1.807) is 0 Å². The fourth-order valence-corrected chi connectivity index (χ4v) is 2.85. The van der Waals surface area contributed by atoms with E-state index in [1.807, 2.05) is 7.05 Å². The summed E-state index contributed by atoms with van der Waals surface area (Å²) < 4.78 is 0. The number of anilines is 1. The van der Waals surface area contributed by atoms with Crippen molar-refractivity contribution in [1.82, 2.24) is 10.2 Å². The average molecular weight is 261 g/mol. The van der Waals surface area contributed by atoms with Gasteiger partial charge in [0.1, 0.15) is 0 Å². The van der Waals surface area contributed by atoms with Crippen molar-refractivity contribution in [3.05, 3.63) is 29.3 Å². The van der Waals surface area contributed by atoms with Gasteiger partial charge in [0.15, 0.2) is 0 Å². The summed E-state index contributed by atoms with van der Waals surface area (Å²) in [4.78, 5) is 4.78. The Hall–Kier alpha value is -1.06. The Morgan fingerprint density at radius 3 is 3.00 bits per heavy atom.